The van der Waals surface area contributed by atoms with Gasteiger partial charge in [0, 0.05) is 41.1 Å². The molecular formula is C11H19NO2S2. The SMILES string of the molecule is CC1CC(N2CCSCC2CC(=O)O)CS1. The quantitative estimate of drug-likeness (QED) is 0.838. The lowest BCUT2D eigenvalue weighted by Crippen LogP contribution is -2.49. The normalized spacial score (nSPS) is 36.4. The third-order valence-electron chi connectivity index (χ3n) is 3.33. The van der Waals surface area contributed by atoms with Gasteiger partial charge in [0.05, 0.1) is 6.42 Å². The standard InChI is InChI=1S/C11H19NO2S2/c1-8-4-9(7-16-8)12-2-3-15-6-10(12)5-11(13)14/h8-10H,2-7H2,1H3,(H,13,14). The van der Waals surface area contributed by atoms with Crippen LogP contribution in [0.15, 0.2) is 0 Å². The number of carboxylic acids is 1. The number of hydrogen-bond acceptors (Lipinski definition) is 4. The third-order valence-corrected chi connectivity index (χ3v) is 5.76. The average molecular weight is 261 g/mol. The Kier molecular flexibility index (Phi) is 4.44. The average Bonchev–Trinajstić information content (AvgIpc) is 2.65. The predicted molar refractivity (Wildman–Crippen MR) is 70.4 cm³/mol. The molecule has 0 aliphatic carbocycles. The van der Waals surface area contributed by atoms with E-state index in [0.717, 1.165) is 23.3 Å². The van der Waals surface area contributed by atoms with Crippen LogP contribution in [0, 0.1) is 0 Å². The Morgan fingerprint density at radius 3 is 2.94 bits per heavy atom. The fourth-order valence-electron chi connectivity index (χ4n) is 2.55. The van der Waals surface area contributed by atoms with Crippen LogP contribution in [0.1, 0.15) is 19.8 Å². The fourth-order valence-corrected chi connectivity index (χ4v) is 4.88. The molecule has 0 bridgehead atoms. The number of nitrogens with zero attached hydrogens (tertiary/aromatic N) is 1. The van der Waals surface area contributed by atoms with E-state index in [0.29, 0.717) is 12.5 Å². The highest BCUT2D eigenvalue weighted by molar-refractivity contribution is 8.00. The summed E-state index contributed by atoms with van der Waals surface area (Å²) in [5, 5.41) is 9.68. The maximum Gasteiger partial charge on any atom is 0.304 e. The Bertz CT molecular complexity index is 262. The maximum absolute atomic E-state index is 10.9. The van der Waals surface area contributed by atoms with Crippen molar-refractivity contribution in [3.63, 3.8) is 0 Å². The Hall–Kier alpha value is 0.130. The van der Waals surface area contributed by atoms with Crippen LogP contribution in [0.25, 0.3) is 0 Å². The molecule has 0 aromatic rings. The van der Waals surface area contributed by atoms with Crippen LogP contribution >= 0.6 is 23.5 Å². The lowest BCUT2D eigenvalue weighted by molar-refractivity contribution is -0.138. The van der Waals surface area contributed by atoms with E-state index in [1.807, 2.05) is 23.5 Å². The lowest BCUT2D eigenvalue weighted by atomic mass is 10.1. The molecule has 92 valence electrons. The summed E-state index contributed by atoms with van der Waals surface area (Å²) in [6.07, 6.45) is 1.54. The summed E-state index contributed by atoms with van der Waals surface area (Å²) in [7, 11) is 0. The van der Waals surface area contributed by atoms with E-state index in [2.05, 4.69) is 11.8 Å². The largest absolute Gasteiger partial charge is 0.481 e. The summed E-state index contributed by atoms with van der Waals surface area (Å²) in [6, 6.07) is 0.873. The molecule has 2 saturated heterocycles. The van der Waals surface area contributed by atoms with Gasteiger partial charge in [-0.2, -0.15) is 23.5 Å². The summed E-state index contributed by atoms with van der Waals surface area (Å²) in [4.78, 5) is 13.3. The third kappa shape index (κ3) is 3.08. The summed E-state index contributed by atoms with van der Waals surface area (Å²) in [6.45, 7) is 3.34. The molecule has 2 heterocycles. The Morgan fingerprint density at radius 1 is 1.50 bits per heavy atom. The minimum Gasteiger partial charge on any atom is -0.481 e. The highest BCUT2D eigenvalue weighted by Crippen LogP contribution is 2.33. The van der Waals surface area contributed by atoms with Gasteiger partial charge in [0.25, 0.3) is 0 Å². The van der Waals surface area contributed by atoms with Crippen molar-refractivity contribution in [1.82, 2.24) is 4.90 Å². The number of carboxylic acid groups (broad SMARTS) is 1. The van der Waals surface area contributed by atoms with Gasteiger partial charge in [0.2, 0.25) is 0 Å². The number of aliphatic carboxylic acids is 1. The molecule has 0 radical (unpaired) electrons. The first-order valence-electron chi connectivity index (χ1n) is 5.83. The zero-order valence-corrected chi connectivity index (χ0v) is 11.2. The maximum atomic E-state index is 10.9. The van der Waals surface area contributed by atoms with E-state index in [4.69, 9.17) is 5.11 Å². The molecule has 5 heteroatoms. The molecule has 3 atom stereocenters. The van der Waals surface area contributed by atoms with Gasteiger partial charge in [0.1, 0.15) is 0 Å². The first-order chi connectivity index (χ1) is 7.66. The molecule has 16 heavy (non-hydrogen) atoms. The van der Waals surface area contributed by atoms with Crippen molar-refractivity contribution in [3.05, 3.63) is 0 Å². The minimum absolute atomic E-state index is 0.257. The molecule has 0 aromatic carbocycles. The van der Waals surface area contributed by atoms with Crippen molar-refractivity contribution in [3.8, 4) is 0 Å². The minimum atomic E-state index is -0.656. The molecule has 0 amide bonds. The van der Waals surface area contributed by atoms with Crippen LogP contribution in [0.5, 0.6) is 0 Å². The molecule has 2 fully saturated rings. The Balaban J connectivity index is 1.96. The molecule has 1 N–H and O–H groups in total. The van der Waals surface area contributed by atoms with E-state index in [1.54, 1.807) is 0 Å². The summed E-state index contributed by atoms with van der Waals surface area (Å²) < 4.78 is 0. The Labute approximate surface area is 105 Å². The zero-order valence-electron chi connectivity index (χ0n) is 9.59. The van der Waals surface area contributed by atoms with Gasteiger partial charge in [-0.15, -0.1) is 0 Å². The summed E-state index contributed by atoms with van der Waals surface area (Å²) in [5.41, 5.74) is 0. The molecule has 2 aliphatic heterocycles. The van der Waals surface area contributed by atoms with E-state index < -0.39 is 5.97 Å². The number of hydrogen-bond donors (Lipinski definition) is 1. The molecule has 0 spiro atoms. The van der Waals surface area contributed by atoms with Crippen LogP contribution < -0.4 is 0 Å². The molecular weight excluding hydrogens is 242 g/mol. The highest BCUT2D eigenvalue weighted by Gasteiger charge is 2.34. The smallest absolute Gasteiger partial charge is 0.304 e. The van der Waals surface area contributed by atoms with Gasteiger partial charge < -0.3 is 5.11 Å². The predicted octanol–water partition coefficient (Wildman–Crippen LogP) is 1.77. The first kappa shape index (κ1) is 12.6. The second kappa shape index (κ2) is 5.65. The molecule has 3 unspecified atom stereocenters. The zero-order chi connectivity index (χ0) is 11.5. The van der Waals surface area contributed by atoms with Crippen LogP contribution in [0.4, 0.5) is 0 Å². The molecule has 3 nitrogen and oxygen atoms in total. The topological polar surface area (TPSA) is 40.5 Å². The van der Waals surface area contributed by atoms with Crippen LogP contribution in [-0.4, -0.2) is 57.1 Å². The lowest BCUT2D eigenvalue weighted by Gasteiger charge is -2.38. The van der Waals surface area contributed by atoms with Crippen LogP contribution in [0.2, 0.25) is 0 Å². The highest BCUT2D eigenvalue weighted by atomic mass is 32.2. The Morgan fingerprint density at radius 2 is 2.31 bits per heavy atom. The van der Waals surface area contributed by atoms with Crippen molar-refractivity contribution < 1.29 is 9.90 Å². The number of carbonyl (C=O) groups is 1. The molecule has 0 aromatic heterocycles. The van der Waals surface area contributed by atoms with Crippen LogP contribution in [0.3, 0.4) is 0 Å². The van der Waals surface area contributed by atoms with E-state index in [1.165, 1.54) is 12.2 Å². The van der Waals surface area contributed by atoms with Crippen molar-refractivity contribution in [1.29, 1.82) is 0 Å². The van der Waals surface area contributed by atoms with Crippen molar-refractivity contribution >= 4 is 29.5 Å². The monoisotopic (exact) mass is 261 g/mol. The second-order valence-electron chi connectivity index (χ2n) is 4.60. The molecule has 2 aliphatic rings. The van der Waals surface area contributed by atoms with Gasteiger partial charge in [-0.3, -0.25) is 9.69 Å². The van der Waals surface area contributed by atoms with Crippen molar-refractivity contribution in [2.75, 3.05) is 23.8 Å². The number of thioether (sulfide) groups is 2. The van der Waals surface area contributed by atoms with Crippen molar-refractivity contribution in [2.24, 2.45) is 0 Å². The van der Waals surface area contributed by atoms with Gasteiger partial charge in [-0.1, -0.05) is 6.92 Å². The summed E-state index contributed by atoms with van der Waals surface area (Å²) >= 11 is 3.92. The summed E-state index contributed by atoms with van der Waals surface area (Å²) in [5.74, 6) is 2.67. The molecule has 2 rings (SSSR count). The van der Waals surface area contributed by atoms with Gasteiger partial charge in [-0.05, 0) is 6.42 Å². The first-order valence-corrected chi connectivity index (χ1v) is 8.04. The van der Waals surface area contributed by atoms with E-state index >= 15 is 0 Å². The van der Waals surface area contributed by atoms with Gasteiger partial charge in [0.15, 0.2) is 0 Å². The van der Waals surface area contributed by atoms with Gasteiger partial charge in [-0.25, -0.2) is 0 Å². The number of rotatable bonds is 3. The second-order valence-corrected chi connectivity index (χ2v) is 7.22. The van der Waals surface area contributed by atoms with Crippen molar-refractivity contribution in [2.45, 2.75) is 37.1 Å². The van der Waals surface area contributed by atoms with E-state index in [9.17, 15) is 4.79 Å². The fraction of sp³-hybridized carbons (Fsp3) is 0.909. The van der Waals surface area contributed by atoms with Crippen LogP contribution in [-0.2, 0) is 4.79 Å². The van der Waals surface area contributed by atoms with Gasteiger partial charge >= 0.3 is 5.97 Å². The molecule has 0 saturated carbocycles. The van der Waals surface area contributed by atoms with E-state index in [-0.39, 0.29) is 6.04 Å².